The zero-order valence-corrected chi connectivity index (χ0v) is 15.6. The third-order valence-electron chi connectivity index (χ3n) is 4.02. The normalized spacial score (nSPS) is 10.7. The quantitative estimate of drug-likeness (QED) is 0.613. The van der Waals surface area contributed by atoms with Crippen LogP contribution in [0.1, 0.15) is 22.8 Å². The number of aromatic nitrogens is 1. The van der Waals surface area contributed by atoms with E-state index in [-0.39, 0.29) is 12.4 Å². The van der Waals surface area contributed by atoms with Gasteiger partial charge in [0.05, 0.1) is 29.9 Å². The van der Waals surface area contributed by atoms with Crippen LogP contribution in [0.5, 0.6) is 5.75 Å². The number of nitrogens with zero attached hydrogens (tertiary/aromatic N) is 1. The van der Waals surface area contributed by atoms with Crippen molar-refractivity contribution in [3.8, 4) is 5.75 Å². The van der Waals surface area contributed by atoms with Gasteiger partial charge in [-0.15, -0.1) is 0 Å². The Morgan fingerprint density at radius 1 is 1.26 bits per heavy atom. The molecular weight excluding hydrogens is 371 g/mol. The van der Waals surface area contributed by atoms with Crippen LogP contribution < -0.4 is 10.1 Å². The molecule has 0 radical (unpaired) electrons. The molecule has 0 unspecified atom stereocenters. The van der Waals surface area contributed by atoms with Gasteiger partial charge in [0, 0.05) is 18.1 Å². The Labute approximate surface area is 161 Å². The lowest BCUT2D eigenvalue weighted by molar-refractivity contribution is 0.0527. The first-order valence-corrected chi connectivity index (χ1v) is 8.73. The Balaban J connectivity index is 2.07. The number of hydrogen-bond donors (Lipinski definition) is 1. The summed E-state index contributed by atoms with van der Waals surface area (Å²) in [5.41, 5.74) is 2.32. The Morgan fingerprint density at radius 2 is 2.00 bits per heavy atom. The van der Waals surface area contributed by atoms with Crippen molar-refractivity contribution in [1.29, 1.82) is 0 Å². The van der Waals surface area contributed by atoms with Crippen LogP contribution in [0.2, 0.25) is 5.02 Å². The van der Waals surface area contributed by atoms with E-state index in [1.165, 1.54) is 25.4 Å². The highest BCUT2D eigenvalue weighted by Gasteiger charge is 2.18. The number of hydrogen-bond acceptors (Lipinski definition) is 5. The minimum atomic E-state index is -0.484. The van der Waals surface area contributed by atoms with Crippen molar-refractivity contribution in [3.63, 3.8) is 0 Å². The highest BCUT2D eigenvalue weighted by atomic mass is 35.5. The summed E-state index contributed by atoms with van der Waals surface area (Å²) in [6, 6.07) is 9.52. The van der Waals surface area contributed by atoms with Crippen molar-refractivity contribution >= 4 is 34.2 Å². The zero-order valence-electron chi connectivity index (χ0n) is 14.9. The number of anilines is 1. The summed E-state index contributed by atoms with van der Waals surface area (Å²) in [7, 11) is 1.52. The Kier molecular flexibility index (Phi) is 5.76. The van der Waals surface area contributed by atoms with Crippen LogP contribution >= 0.6 is 11.6 Å². The van der Waals surface area contributed by atoms with E-state index in [4.69, 9.17) is 21.1 Å². The molecule has 0 aliphatic rings. The molecule has 0 aliphatic heterocycles. The summed E-state index contributed by atoms with van der Waals surface area (Å²) in [4.78, 5) is 16.7. The number of rotatable bonds is 6. The number of ether oxygens (including phenoxy) is 2. The van der Waals surface area contributed by atoms with Crippen LogP contribution in [0.15, 0.2) is 42.6 Å². The molecule has 27 heavy (non-hydrogen) atoms. The maximum Gasteiger partial charge on any atom is 0.341 e. The fourth-order valence-corrected chi connectivity index (χ4v) is 2.93. The SMILES string of the molecule is CCOC(=O)c1cnc2cc(Cl)c(OC)cc2c1NCc1ccc(F)cc1. The highest BCUT2D eigenvalue weighted by Crippen LogP contribution is 2.34. The van der Waals surface area contributed by atoms with Crippen LogP contribution in [0.4, 0.5) is 10.1 Å². The smallest absolute Gasteiger partial charge is 0.341 e. The lowest BCUT2D eigenvalue weighted by Crippen LogP contribution is -2.11. The second-order valence-electron chi connectivity index (χ2n) is 5.75. The first kappa shape index (κ1) is 18.9. The number of esters is 1. The molecule has 2 aromatic carbocycles. The van der Waals surface area contributed by atoms with Gasteiger partial charge in [0.2, 0.25) is 0 Å². The minimum Gasteiger partial charge on any atom is -0.495 e. The number of pyridine rings is 1. The largest absolute Gasteiger partial charge is 0.495 e. The number of benzene rings is 2. The predicted molar refractivity (Wildman–Crippen MR) is 103 cm³/mol. The van der Waals surface area contributed by atoms with Crippen molar-refractivity contribution in [2.45, 2.75) is 13.5 Å². The van der Waals surface area contributed by atoms with E-state index < -0.39 is 5.97 Å². The van der Waals surface area contributed by atoms with E-state index in [9.17, 15) is 9.18 Å². The summed E-state index contributed by atoms with van der Waals surface area (Å²) >= 11 is 6.18. The van der Waals surface area contributed by atoms with Crippen LogP contribution in [0, 0.1) is 5.82 Å². The second-order valence-corrected chi connectivity index (χ2v) is 6.16. The minimum absolute atomic E-state index is 0.248. The van der Waals surface area contributed by atoms with Crippen LogP contribution in [-0.2, 0) is 11.3 Å². The number of nitrogens with one attached hydrogen (secondary N) is 1. The third kappa shape index (κ3) is 4.11. The van der Waals surface area contributed by atoms with Gasteiger partial charge < -0.3 is 14.8 Å². The molecule has 1 N–H and O–H groups in total. The number of halogens is 2. The molecule has 7 heteroatoms. The standard InChI is InChI=1S/C20H18ClFN2O3/c1-3-27-20(25)15-11-23-17-9-16(21)18(26-2)8-14(17)19(15)24-10-12-4-6-13(22)7-5-12/h4-9,11H,3,10H2,1-2H3,(H,23,24). The molecule has 0 saturated heterocycles. The molecule has 1 aromatic heterocycles. The topological polar surface area (TPSA) is 60.5 Å². The summed E-state index contributed by atoms with van der Waals surface area (Å²) in [6.45, 7) is 2.37. The molecule has 140 valence electrons. The Hall–Kier alpha value is -2.86. The molecule has 3 rings (SSSR count). The van der Waals surface area contributed by atoms with Crippen molar-refractivity contribution in [3.05, 3.63) is 64.6 Å². The fraction of sp³-hybridized carbons (Fsp3) is 0.200. The van der Waals surface area contributed by atoms with Gasteiger partial charge in [-0.05, 0) is 36.8 Å². The summed E-state index contributed by atoms with van der Waals surface area (Å²) in [5.74, 6) is -0.320. The monoisotopic (exact) mass is 388 g/mol. The lowest BCUT2D eigenvalue weighted by Gasteiger charge is -2.15. The van der Waals surface area contributed by atoms with E-state index in [2.05, 4.69) is 10.3 Å². The molecule has 1 heterocycles. The van der Waals surface area contributed by atoms with Crippen LogP contribution in [-0.4, -0.2) is 24.7 Å². The van der Waals surface area contributed by atoms with E-state index in [0.717, 1.165) is 5.56 Å². The van der Waals surface area contributed by atoms with E-state index >= 15 is 0 Å². The van der Waals surface area contributed by atoms with Gasteiger partial charge >= 0.3 is 5.97 Å². The molecule has 0 aliphatic carbocycles. The fourth-order valence-electron chi connectivity index (χ4n) is 2.70. The van der Waals surface area contributed by atoms with E-state index in [0.29, 0.717) is 39.5 Å². The Bertz CT molecular complexity index is 977. The van der Waals surface area contributed by atoms with E-state index in [1.807, 2.05) is 0 Å². The molecule has 0 amide bonds. The summed E-state index contributed by atoms with van der Waals surface area (Å²) in [5, 5.41) is 4.33. The average molecular weight is 389 g/mol. The average Bonchev–Trinajstić information content (AvgIpc) is 2.66. The molecule has 0 fully saturated rings. The molecule has 0 bridgehead atoms. The molecular formula is C20H18ClFN2O3. The lowest BCUT2D eigenvalue weighted by atomic mass is 10.1. The van der Waals surface area contributed by atoms with Crippen molar-refractivity contribution in [2.24, 2.45) is 0 Å². The van der Waals surface area contributed by atoms with Gasteiger partial charge in [0.15, 0.2) is 0 Å². The van der Waals surface area contributed by atoms with Crippen LogP contribution in [0.25, 0.3) is 10.9 Å². The number of carbonyl (C=O) groups excluding carboxylic acids is 1. The zero-order chi connectivity index (χ0) is 19.4. The van der Waals surface area contributed by atoms with Gasteiger partial charge in [0.1, 0.15) is 17.1 Å². The molecule has 0 spiro atoms. The number of carbonyl (C=O) groups is 1. The predicted octanol–water partition coefficient (Wildman–Crippen LogP) is 4.82. The third-order valence-corrected chi connectivity index (χ3v) is 4.31. The van der Waals surface area contributed by atoms with Gasteiger partial charge in [0.25, 0.3) is 0 Å². The molecule has 0 saturated carbocycles. The molecule has 0 atom stereocenters. The molecule has 3 aromatic rings. The van der Waals surface area contributed by atoms with E-state index in [1.54, 1.807) is 31.2 Å². The first-order valence-electron chi connectivity index (χ1n) is 8.35. The van der Waals surface area contributed by atoms with Crippen LogP contribution in [0.3, 0.4) is 0 Å². The maximum atomic E-state index is 13.1. The summed E-state index contributed by atoms with van der Waals surface area (Å²) in [6.07, 6.45) is 1.45. The second kappa shape index (κ2) is 8.22. The van der Waals surface area contributed by atoms with Gasteiger partial charge in [-0.25, -0.2) is 9.18 Å². The number of fused-ring (bicyclic) bond motifs is 1. The first-order chi connectivity index (χ1) is 13.0. The highest BCUT2D eigenvalue weighted by molar-refractivity contribution is 6.33. The van der Waals surface area contributed by atoms with Gasteiger partial charge in [-0.3, -0.25) is 4.98 Å². The molecule has 5 nitrogen and oxygen atoms in total. The summed E-state index contributed by atoms with van der Waals surface area (Å²) < 4.78 is 23.5. The van der Waals surface area contributed by atoms with Gasteiger partial charge in [-0.2, -0.15) is 0 Å². The van der Waals surface area contributed by atoms with Crippen molar-refractivity contribution in [1.82, 2.24) is 4.98 Å². The van der Waals surface area contributed by atoms with Crippen molar-refractivity contribution in [2.75, 3.05) is 19.0 Å². The van der Waals surface area contributed by atoms with Gasteiger partial charge in [-0.1, -0.05) is 23.7 Å². The Morgan fingerprint density at radius 3 is 2.67 bits per heavy atom. The van der Waals surface area contributed by atoms with Crippen molar-refractivity contribution < 1.29 is 18.7 Å². The maximum absolute atomic E-state index is 13.1. The number of methoxy groups -OCH3 is 1.